The quantitative estimate of drug-likeness (QED) is 0.776. The first-order chi connectivity index (χ1) is 11.3. The molecule has 7 heteroatoms. The van der Waals surface area contributed by atoms with Gasteiger partial charge in [0.1, 0.15) is 5.75 Å². The Morgan fingerprint density at radius 2 is 1.62 bits per heavy atom. The summed E-state index contributed by atoms with van der Waals surface area (Å²) in [6.45, 7) is 1.93. The van der Waals surface area contributed by atoms with E-state index in [1.165, 1.54) is 12.1 Å². The highest BCUT2D eigenvalue weighted by Gasteiger charge is 2.29. The number of alkyl halides is 3. The number of rotatable bonds is 4. The minimum absolute atomic E-state index is 0.0645. The number of hydrogen-bond donors (Lipinski definition) is 2. The molecule has 0 aliphatic carbocycles. The Hall–Kier alpha value is -2.28. The largest absolute Gasteiger partial charge is 0.497 e. The Bertz CT molecular complexity index is 684. The van der Waals surface area contributed by atoms with Crippen LogP contribution in [0.2, 0.25) is 0 Å². The monoisotopic (exact) mass is 354 g/mol. The van der Waals surface area contributed by atoms with Crippen molar-refractivity contribution in [2.24, 2.45) is 0 Å². The maximum absolute atomic E-state index is 12.5. The van der Waals surface area contributed by atoms with Crippen LogP contribution >= 0.6 is 12.2 Å². The van der Waals surface area contributed by atoms with Gasteiger partial charge in [0.15, 0.2) is 5.11 Å². The van der Waals surface area contributed by atoms with Gasteiger partial charge in [0, 0.05) is 5.69 Å². The number of thiocarbonyl (C=S) groups is 1. The number of methoxy groups -OCH3 is 1. The molecule has 0 radical (unpaired) electrons. The maximum Gasteiger partial charge on any atom is 0.416 e. The van der Waals surface area contributed by atoms with Crippen LogP contribution in [0.3, 0.4) is 0 Å². The van der Waals surface area contributed by atoms with Crippen molar-refractivity contribution in [2.45, 2.75) is 19.1 Å². The molecular weight excluding hydrogens is 337 g/mol. The van der Waals surface area contributed by atoms with Crippen molar-refractivity contribution >= 4 is 23.0 Å². The molecule has 128 valence electrons. The lowest BCUT2D eigenvalue weighted by Gasteiger charge is -2.18. The highest BCUT2D eigenvalue weighted by Crippen LogP contribution is 2.29. The molecule has 2 rings (SSSR count). The topological polar surface area (TPSA) is 33.3 Å². The van der Waals surface area contributed by atoms with Gasteiger partial charge in [0.2, 0.25) is 0 Å². The fraction of sp³-hybridized carbons (Fsp3) is 0.235. The zero-order valence-corrected chi connectivity index (χ0v) is 14.0. The smallest absolute Gasteiger partial charge is 0.416 e. The third-order valence-corrected chi connectivity index (χ3v) is 3.65. The molecule has 0 aliphatic heterocycles. The maximum atomic E-state index is 12.5. The lowest BCUT2D eigenvalue weighted by molar-refractivity contribution is -0.137. The molecule has 0 heterocycles. The highest BCUT2D eigenvalue weighted by atomic mass is 32.1. The van der Waals surface area contributed by atoms with Crippen molar-refractivity contribution in [3.63, 3.8) is 0 Å². The number of nitrogens with one attached hydrogen (secondary N) is 2. The number of halogens is 3. The molecular formula is C17H17F3N2OS. The van der Waals surface area contributed by atoms with Crippen LogP contribution < -0.4 is 15.4 Å². The van der Waals surface area contributed by atoms with E-state index >= 15 is 0 Å². The van der Waals surface area contributed by atoms with Crippen molar-refractivity contribution in [1.29, 1.82) is 0 Å². The van der Waals surface area contributed by atoms with Gasteiger partial charge in [0.25, 0.3) is 0 Å². The van der Waals surface area contributed by atoms with Crippen LogP contribution in [-0.2, 0) is 6.18 Å². The van der Waals surface area contributed by atoms with Crippen LogP contribution in [-0.4, -0.2) is 12.2 Å². The van der Waals surface area contributed by atoms with E-state index in [0.717, 1.165) is 23.4 Å². The Morgan fingerprint density at radius 3 is 2.12 bits per heavy atom. The van der Waals surface area contributed by atoms with Gasteiger partial charge in [-0.05, 0) is 61.1 Å². The number of benzene rings is 2. The Balaban J connectivity index is 1.94. The molecule has 0 saturated heterocycles. The van der Waals surface area contributed by atoms with Crippen LogP contribution in [0.25, 0.3) is 0 Å². The fourth-order valence-electron chi connectivity index (χ4n) is 2.08. The first kappa shape index (κ1) is 18.1. The molecule has 2 aromatic carbocycles. The summed E-state index contributed by atoms with van der Waals surface area (Å²) in [5, 5.41) is 6.29. The summed E-state index contributed by atoms with van der Waals surface area (Å²) in [6.07, 6.45) is -4.35. The van der Waals surface area contributed by atoms with E-state index in [1.54, 1.807) is 7.11 Å². The number of anilines is 1. The second-order valence-electron chi connectivity index (χ2n) is 5.17. The highest BCUT2D eigenvalue weighted by molar-refractivity contribution is 7.80. The summed E-state index contributed by atoms with van der Waals surface area (Å²) in [6, 6.07) is 12.2. The van der Waals surface area contributed by atoms with Gasteiger partial charge in [-0.1, -0.05) is 12.1 Å². The zero-order chi connectivity index (χ0) is 17.7. The molecule has 1 atom stereocenters. The third kappa shape index (κ3) is 4.86. The van der Waals surface area contributed by atoms with Gasteiger partial charge in [-0.3, -0.25) is 0 Å². The van der Waals surface area contributed by atoms with Gasteiger partial charge in [-0.25, -0.2) is 0 Å². The lowest BCUT2D eigenvalue weighted by Crippen LogP contribution is -2.30. The van der Waals surface area contributed by atoms with Crippen molar-refractivity contribution in [3.05, 3.63) is 59.7 Å². The average molecular weight is 354 g/mol. The summed E-state index contributed by atoms with van der Waals surface area (Å²) in [4.78, 5) is 0. The Kier molecular flexibility index (Phi) is 5.66. The third-order valence-electron chi connectivity index (χ3n) is 3.43. The van der Waals surface area contributed by atoms with Crippen LogP contribution in [0, 0.1) is 0 Å². The molecule has 2 aromatic rings. The van der Waals surface area contributed by atoms with Crippen LogP contribution in [0.4, 0.5) is 18.9 Å². The molecule has 24 heavy (non-hydrogen) atoms. The van der Waals surface area contributed by atoms with Crippen LogP contribution in [0.5, 0.6) is 5.75 Å². The summed E-state index contributed by atoms with van der Waals surface area (Å²) in [7, 11) is 1.60. The van der Waals surface area contributed by atoms with Gasteiger partial charge in [-0.2, -0.15) is 13.2 Å². The minimum atomic E-state index is -4.35. The predicted octanol–water partition coefficient (Wildman–Crippen LogP) is 4.76. The Morgan fingerprint density at radius 1 is 1.04 bits per heavy atom. The van der Waals surface area contributed by atoms with Gasteiger partial charge in [0.05, 0.1) is 18.7 Å². The molecule has 0 bridgehead atoms. The summed E-state index contributed by atoms with van der Waals surface area (Å²) >= 11 is 5.20. The number of ether oxygens (including phenoxy) is 1. The predicted molar refractivity (Wildman–Crippen MR) is 92.2 cm³/mol. The standard InChI is InChI=1S/C17H17F3N2OS/c1-11(12-3-9-15(23-2)10-4-12)21-16(24)22-14-7-5-13(6-8-14)17(18,19)20/h3-11H,1-2H3,(H2,21,22,24)/t11-/m0/s1. The summed E-state index contributed by atoms with van der Waals surface area (Å²) in [5.74, 6) is 0.761. The Labute approximate surface area is 143 Å². The van der Waals surface area contributed by atoms with E-state index in [4.69, 9.17) is 17.0 Å². The molecule has 0 aromatic heterocycles. The van der Waals surface area contributed by atoms with E-state index in [0.29, 0.717) is 10.8 Å². The minimum Gasteiger partial charge on any atom is -0.497 e. The molecule has 0 unspecified atom stereocenters. The zero-order valence-electron chi connectivity index (χ0n) is 13.1. The first-order valence-corrected chi connectivity index (χ1v) is 7.59. The lowest BCUT2D eigenvalue weighted by atomic mass is 10.1. The number of hydrogen-bond acceptors (Lipinski definition) is 2. The first-order valence-electron chi connectivity index (χ1n) is 7.18. The average Bonchev–Trinajstić information content (AvgIpc) is 2.54. The molecule has 0 aliphatic rings. The van der Waals surface area contributed by atoms with E-state index in [2.05, 4.69) is 10.6 Å². The van der Waals surface area contributed by atoms with Crippen molar-refractivity contribution in [3.8, 4) is 5.75 Å². The SMILES string of the molecule is COc1ccc([C@H](C)NC(=S)Nc2ccc(C(F)(F)F)cc2)cc1. The van der Waals surface area contributed by atoms with Gasteiger partial charge in [-0.15, -0.1) is 0 Å². The van der Waals surface area contributed by atoms with E-state index in [9.17, 15) is 13.2 Å². The molecule has 2 N–H and O–H groups in total. The normalized spacial score (nSPS) is 12.4. The second-order valence-corrected chi connectivity index (χ2v) is 5.58. The van der Waals surface area contributed by atoms with E-state index in [1.807, 2.05) is 31.2 Å². The van der Waals surface area contributed by atoms with Crippen molar-refractivity contribution in [1.82, 2.24) is 5.32 Å². The molecule has 0 spiro atoms. The summed E-state index contributed by atoms with van der Waals surface area (Å²) in [5.41, 5.74) is 0.799. The molecule has 0 saturated carbocycles. The molecule has 0 fully saturated rings. The molecule has 3 nitrogen and oxygen atoms in total. The fourth-order valence-corrected chi connectivity index (χ4v) is 2.38. The van der Waals surface area contributed by atoms with Gasteiger partial charge < -0.3 is 15.4 Å². The second kappa shape index (κ2) is 7.53. The van der Waals surface area contributed by atoms with Crippen LogP contribution in [0.1, 0.15) is 24.1 Å². The van der Waals surface area contributed by atoms with Crippen LogP contribution in [0.15, 0.2) is 48.5 Å². The van der Waals surface area contributed by atoms with Crippen molar-refractivity contribution in [2.75, 3.05) is 12.4 Å². The van der Waals surface area contributed by atoms with E-state index < -0.39 is 11.7 Å². The van der Waals surface area contributed by atoms with Crippen molar-refractivity contribution < 1.29 is 17.9 Å². The summed E-state index contributed by atoms with van der Waals surface area (Å²) < 4.78 is 42.7. The van der Waals surface area contributed by atoms with Gasteiger partial charge >= 0.3 is 6.18 Å². The molecule has 0 amide bonds. The van der Waals surface area contributed by atoms with E-state index in [-0.39, 0.29) is 6.04 Å².